The minimum absolute atomic E-state index is 0.186. The van der Waals surface area contributed by atoms with Crippen LogP contribution >= 0.6 is 8.60 Å². The van der Waals surface area contributed by atoms with E-state index >= 15 is 0 Å². The van der Waals surface area contributed by atoms with Crippen LogP contribution in [0.5, 0.6) is 0 Å². The first-order valence-corrected chi connectivity index (χ1v) is 12.8. The van der Waals surface area contributed by atoms with Gasteiger partial charge in [0.15, 0.2) is 18.3 Å². The Balaban J connectivity index is 1.83. The van der Waals surface area contributed by atoms with Crippen LogP contribution in [0.15, 0.2) is 60.7 Å². The topological polar surface area (TPSA) is 116 Å². The fourth-order valence-electron chi connectivity index (χ4n) is 3.64. The third-order valence-corrected chi connectivity index (χ3v) is 6.24. The molecule has 1 unspecified atom stereocenters. The minimum atomic E-state index is -2.04. The van der Waals surface area contributed by atoms with Gasteiger partial charge in [0.05, 0.1) is 19.3 Å². The van der Waals surface area contributed by atoms with Gasteiger partial charge in [-0.15, -0.1) is 0 Å². The summed E-state index contributed by atoms with van der Waals surface area (Å²) in [5, 5.41) is 0. The molecule has 1 aliphatic heterocycles. The summed E-state index contributed by atoms with van der Waals surface area (Å²) in [4.78, 5) is 35.6. The van der Waals surface area contributed by atoms with Crippen LogP contribution in [0.1, 0.15) is 38.8 Å². The molecule has 37 heavy (non-hydrogen) atoms. The Labute approximate surface area is 217 Å². The van der Waals surface area contributed by atoms with E-state index in [1.54, 1.807) is 6.92 Å². The van der Waals surface area contributed by atoms with Crippen molar-refractivity contribution in [1.29, 1.82) is 0 Å². The lowest BCUT2D eigenvalue weighted by molar-refractivity contribution is -0.282. The van der Waals surface area contributed by atoms with Crippen molar-refractivity contribution in [1.82, 2.24) is 0 Å². The van der Waals surface area contributed by atoms with Crippen LogP contribution in [0.4, 0.5) is 0 Å². The van der Waals surface area contributed by atoms with Crippen molar-refractivity contribution < 1.29 is 46.9 Å². The van der Waals surface area contributed by atoms with Crippen LogP contribution < -0.4 is 0 Å². The summed E-state index contributed by atoms with van der Waals surface area (Å²) in [5.74, 6) is -1.94. The van der Waals surface area contributed by atoms with Gasteiger partial charge < -0.3 is 28.0 Å². The van der Waals surface area contributed by atoms with E-state index in [0.717, 1.165) is 11.1 Å². The molecular weight excluding hydrogens is 503 g/mol. The SMILES string of the molecule is CC(=O)O[C@@H]1[C@H](OC(C)=O)[C@H](C)OC(OP(OCc2ccccc2)OCc2ccccc2)[C@H]1OC(C)=O. The Morgan fingerprint density at radius 1 is 0.703 bits per heavy atom. The van der Waals surface area contributed by atoms with Gasteiger partial charge in [-0.1, -0.05) is 60.7 Å². The number of benzene rings is 2. The third-order valence-electron chi connectivity index (χ3n) is 5.18. The van der Waals surface area contributed by atoms with Crippen molar-refractivity contribution in [2.45, 2.75) is 71.6 Å². The van der Waals surface area contributed by atoms with Crippen molar-refractivity contribution in [3.63, 3.8) is 0 Å². The predicted octanol–water partition coefficient (Wildman–Crippen LogP) is 4.20. The molecule has 2 aromatic rings. The second kappa shape index (κ2) is 14.2. The highest BCUT2D eigenvalue weighted by Crippen LogP contribution is 2.46. The monoisotopic (exact) mass is 534 g/mol. The lowest BCUT2D eigenvalue weighted by atomic mass is 9.99. The van der Waals surface area contributed by atoms with E-state index in [4.69, 9.17) is 32.5 Å². The van der Waals surface area contributed by atoms with Gasteiger partial charge in [-0.05, 0) is 18.1 Å². The molecule has 0 N–H and O–H groups in total. The molecule has 2 aromatic carbocycles. The fourth-order valence-corrected chi connectivity index (χ4v) is 4.69. The molecule has 0 aromatic heterocycles. The Bertz CT molecular complexity index is 975. The molecule has 0 saturated carbocycles. The zero-order valence-corrected chi connectivity index (χ0v) is 22.0. The maximum Gasteiger partial charge on any atom is 0.335 e. The highest BCUT2D eigenvalue weighted by atomic mass is 31.2. The van der Waals surface area contributed by atoms with Gasteiger partial charge >= 0.3 is 26.5 Å². The van der Waals surface area contributed by atoms with Crippen LogP contribution in [-0.4, -0.2) is 48.6 Å². The number of esters is 3. The first-order chi connectivity index (χ1) is 17.7. The van der Waals surface area contributed by atoms with Crippen molar-refractivity contribution in [2.24, 2.45) is 0 Å². The molecule has 0 spiro atoms. The lowest BCUT2D eigenvalue weighted by Gasteiger charge is -2.43. The molecule has 0 amide bonds. The number of hydrogen-bond acceptors (Lipinski definition) is 10. The molecule has 0 aliphatic carbocycles. The van der Waals surface area contributed by atoms with Gasteiger partial charge in [0.1, 0.15) is 0 Å². The van der Waals surface area contributed by atoms with Crippen molar-refractivity contribution >= 4 is 26.5 Å². The van der Waals surface area contributed by atoms with Crippen molar-refractivity contribution in [3.8, 4) is 0 Å². The van der Waals surface area contributed by atoms with Gasteiger partial charge in [-0.2, -0.15) is 0 Å². The summed E-state index contributed by atoms with van der Waals surface area (Å²) in [7, 11) is -2.04. The van der Waals surface area contributed by atoms with E-state index in [2.05, 4.69) is 0 Å². The fraction of sp³-hybridized carbons (Fsp3) is 0.423. The molecule has 11 heteroatoms. The lowest BCUT2D eigenvalue weighted by Crippen LogP contribution is -2.60. The summed E-state index contributed by atoms with van der Waals surface area (Å²) < 4.78 is 40.2. The second-order valence-corrected chi connectivity index (χ2v) is 9.45. The van der Waals surface area contributed by atoms with Crippen molar-refractivity contribution in [2.75, 3.05) is 0 Å². The second-order valence-electron chi connectivity index (χ2n) is 8.28. The van der Waals surface area contributed by atoms with E-state index < -0.39 is 57.2 Å². The molecule has 5 atom stereocenters. The maximum atomic E-state index is 12.0. The van der Waals surface area contributed by atoms with Crippen LogP contribution in [0.2, 0.25) is 0 Å². The maximum absolute atomic E-state index is 12.0. The third kappa shape index (κ3) is 9.18. The van der Waals surface area contributed by atoms with E-state index in [1.165, 1.54) is 20.8 Å². The molecule has 0 radical (unpaired) electrons. The molecule has 1 fully saturated rings. The predicted molar refractivity (Wildman–Crippen MR) is 131 cm³/mol. The first kappa shape index (κ1) is 28.7. The first-order valence-electron chi connectivity index (χ1n) is 11.7. The van der Waals surface area contributed by atoms with Crippen LogP contribution in [0.3, 0.4) is 0 Å². The summed E-state index contributed by atoms with van der Waals surface area (Å²) in [5.41, 5.74) is 1.79. The van der Waals surface area contributed by atoms with E-state index in [1.807, 2.05) is 60.7 Å². The smallest absolute Gasteiger partial charge is 0.335 e. The minimum Gasteiger partial charge on any atom is -0.456 e. The average Bonchev–Trinajstić information content (AvgIpc) is 2.86. The highest BCUT2D eigenvalue weighted by Gasteiger charge is 2.52. The molecule has 0 bridgehead atoms. The number of carbonyl (C=O) groups is 3. The van der Waals surface area contributed by atoms with E-state index in [9.17, 15) is 14.4 Å². The summed E-state index contributed by atoms with van der Waals surface area (Å²) in [6, 6.07) is 18.9. The standard InChI is InChI=1S/C26H31O10P/c1-17-23(33-18(2)27)24(34-19(3)28)25(35-20(4)29)26(32-17)36-37(30-15-21-11-7-5-8-12-21)31-16-22-13-9-6-10-14-22/h5-14,17,23-26H,15-16H2,1-4H3/t17-,23+,24+,25-,26?/m0/s1. The van der Waals surface area contributed by atoms with Gasteiger partial charge in [-0.3, -0.25) is 18.9 Å². The summed E-state index contributed by atoms with van der Waals surface area (Å²) in [6.45, 7) is 5.61. The quantitative estimate of drug-likeness (QED) is 0.236. The van der Waals surface area contributed by atoms with Gasteiger partial charge in [0.25, 0.3) is 0 Å². The molecule has 1 aliphatic rings. The number of carbonyl (C=O) groups excluding carboxylic acids is 3. The average molecular weight is 534 g/mol. The van der Waals surface area contributed by atoms with Crippen molar-refractivity contribution in [3.05, 3.63) is 71.8 Å². The van der Waals surface area contributed by atoms with Crippen LogP contribution in [0, 0.1) is 0 Å². The van der Waals surface area contributed by atoms with E-state index in [0.29, 0.717) is 0 Å². The van der Waals surface area contributed by atoms with Gasteiger partial charge in [0.2, 0.25) is 6.29 Å². The van der Waals surface area contributed by atoms with Crippen LogP contribution in [-0.2, 0) is 60.1 Å². The molecule has 1 heterocycles. The van der Waals surface area contributed by atoms with Gasteiger partial charge in [0, 0.05) is 20.8 Å². The molecule has 10 nitrogen and oxygen atoms in total. The molecule has 200 valence electrons. The van der Waals surface area contributed by atoms with Gasteiger partial charge in [-0.25, -0.2) is 0 Å². The number of rotatable bonds is 11. The Hall–Kier alpha value is -2.88. The summed E-state index contributed by atoms with van der Waals surface area (Å²) in [6.07, 6.45) is -5.49. The highest BCUT2D eigenvalue weighted by molar-refractivity contribution is 7.41. The molecule has 3 rings (SSSR count). The molecular formula is C26H31O10P. The number of hydrogen-bond donors (Lipinski definition) is 0. The zero-order valence-electron chi connectivity index (χ0n) is 21.1. The Morgan fingerprint density at radius 3 is 1.59 bits per heavy atom. The Morgan fingerprint density at radius 2 is 1.14 bits per heavy atom. The largest absolute Gasteiger partial charge is 0.456 e. The van der Waals surface area contributed by atoms with E-state index in [-0.39, 0.29) is 13.2 Å². The normalized spacial score (nSPS) is 23.3. The Kier molecular flexibility index (Phi) is 11.0. The van der Waals surface area contributed by atoms with Crippen LogP contribution in [0.25, 0.3) is 0 Å². The molecule has 1 saturated heterocycles. The summed E-state index contributed by atoms with van der Waals surface area (Å²) >= 11 is 0. The number of ether oxygens (including phenoxy) is 4. The zero-order chi connectivity index (χ0) is 26.8.